The van der Waals surface area contributed by atoms with Crippen LogP contribution in [-0.4, -0.2) is 23.8 Å². The van der Waals surface area contributed by atoms with Crippen molar-refractivity contribution in [1.82, 2.24) is 5.32 Å². The van der Waals surface area contributed by atoms with Gasteiger partial charge in [-0.2, -0.15) is 0 Å². The van der Waals surface area contributed by atoms with Crippen LogP contribution in [0.1, 0.15) is 30.5 Å². The van der Waals surface area contributed by atoms with E-state index >= 15 is 0 Å². The highest BCUT2D eigenvalue weighted by Crippen LogP contribution is 2.16. The van der Waals surface area contributed by atoms with Crippen LogP contribution in [0.2, 0.25) is 0 Å². The van der Waals surface area contributed by atoms with E-state index in [1.54, 1.807) is 0 Å². The van der Waals surface area contributed by atoms with E-state index in [1.165, 1.54) is 11.1 Å². The summed E-state index contributed by atoms with van der Waals surface area (Å²) in [6.45, 7) is 3.51. The van der Waals surface area contributed by atoms with E-state index in [0.717, 1.165) is 30.8 Å². The normalized spacial score (nSPS) is 11.6. The maximum atomic E-state index is 9.62. The summed E-state index contributed by atoms with van der Waals surface area (Å²) in [5.74, 6) is 0.799. The number of halogens is 2. The van der Waals surface area contributed by atoms with Crippen molar-refractivity contribution in [2.45, 2.75) is 26.3 Å². The molecule has 1 atom stereocenters. The average Bonchev–Trinajstić information content (AvgIpc) is 2.36. The first-order chi connectivity index (χ1) is 8.67. The molecule has 0 saturated heterocycles. The van der Waals surface area contributed by atoms with Crippen molar-refractivity contribution < 1.29 is 13.3 Å². The van der Waals surface area contributed by atoms with Gasteiger partial charge in [-0.25, -0.2) is 8.78 Å². The number of nitrogens with one attached hydrogen (secondary N) is 1. The van der Waals surface area contributed by atoms with Gasteiger partial charge < -0.3 is 9.87 Å². The molecule has 0 aliphatic heterocycles. The average molecular weight is 277 g/mol. The molecule has 0 radical (unpaired) electrons. The predicted octanol–water partition coefficient (Wildman–Crippen LogP) is 4.12. The SMILES string of the molecule is Cc1ccccc1C(C)NCCCSO.FCF. The summed E-state index contributed by atoms with van der Waals surface area (Å²) in [5.41, 5.74) is 2.68. The lowest BCUT2D eigenvalue weighted by molar-refractivity contribution is 0.295. The van der Waals surface area contributed by atoms with Crippen LogP contribution in [0.4, 0.5) is 8.78 Å². The molecular formula is C13H21F2NOS. The maximum Gasteiger partial charge on any atom is 0.229 e. The molecule has 0 aliphatic rings. The molecular weight excluding hydrogens is 256 g/mol. The Labute approximate surface area is 112 Å². The Morgan fingerprint density at radius 1 is 1.33 bits per heavy atom. The maximum absolute atomic E-state index is 9.62. The Morgan fingerprint density at radius 2 is 1.94 bits per heavy atom. The van der Waals surface area contributed by atoms with Crippen molar-refractivity contribution in [3.8, 4) is 0 Å². The number of alkyl halides is 2. The number of hydrogen-bond acceptors (Lipinski definition) is 3. The zero-order chi connectivity index (χ0) is 13.8. The standard InChI is InChI=1S/C12H19NOS.CH2F2/c1-10-6-3-4-7-12(10)11(2)13-8-5-9-15-14;2-1-3/h3-4,6-7,11,13-14H,5,8-9H2,1-2H3;1H2. The van der Waals surface area contributed by atoms with Crippen molar-refractivity contribution >= 4 is 12.0 Å². The first-order valence-electron chi connectivity index (χ1n) is 5.84. The van der Waals surface area contributed by atoms with Gasteiger partial charge in [0.2, 0.25) is 6.93 Å². The smallest absolute Gasteiger partial charge is 0.229 e. The van der Waals surface area contributed by atoms with Crippen LogP contribution in [0.25, 0.3) is 0 Å². The highest BCUT2D eigenvalue weighted by atomic mass is 32.2. The number of aryl methyl sites for hydroxylation is 1. The monoisotopic (exact) mass is 277 g/mol. The van der Waals surface area contributed by atoms with Gasteiger partial charge >= 0.3 is 0 Å². The van der Waals surface area contributed by atoms with Crippen molar-refractivity contribution in [3.05, 3.63) is 35.4 Å². The van der Waals surface area contributed by atoms with Crippen molar-refractivity contribution in [3.63, 3.8) is 0 Å². The minimum atomic E-state index is -1.75. The second-order valence-electron chi connectivity index (χ2n) is 3.82. The third-order valence-corrected chi connectivity index (χ3v) is 2.99. The van der Waals surface area contributed by atoms with Gasteiger partial charge in [0.15, 0.2) is 0 Å². The van der Waals surface area contributed by atoms with E-state index in [2.05, 4.69) is 43.4 Å². The van der Waals surface area contributed by atoms with Gasteiger partial charge in [-0.05, 0) is 50.0 Å². The lowest BCUT2D eigenvalue weighted by Crippen LogP contribution is -2.20. The Morgan fingerprint density at radius 3 is 2.50 bits per heavy atom. The van der Waals surface area contributed by atoms with E-state index < -0.39 is 6.93 Å². The van der Waals surface area contributed by atoms with E-state index in [1.807, 2.05) is 0 Å². The van der Waals surface area contributed by atoms with Crippen molar-refractivity contribution in [1.29, 1.82) is 0 Å². The van der Waals surface area contributed by atoms with Gasteiger partial charge in [-0.3, -0.25) is 0 Å². The molecule has 0 bridgehead atoms. The fourth-order valence-electron chi connectivity index (χ4n) is 1.64. The van der Waals surface area contributed by atoms with Crippen molar-refractivity contribution in [2.75, 3.05) is 19.2 Å². The van der Waals surface area contributed by atoms with Crippen LogP contribution < -0.4 is 5.32 Å². The summed E-state index contributed by atoms with van der Waals surface area (Å²) in [5, 5.41) is 3.45. The Balaban J connectivity index is 0.000000873. The number of hydrogen-bond donors (Lipinski definition) is 2. The lowest BCUT2D eigenvalue weighted by atomic mass is 10.0. The van der Waals surface area contributed by atoms with E-state index in [0.29, 0.717) is 6.04 Å². The summed E-state index contributed by atoms with van der Waals surface area (Å²) >= 11 is 0.912. The number of benzene rings is 1. The molecule has 2 N–H and O–H groups in total. The Kier molecular flexibility index (Phi) is 11.0. The fraction of sp³-hybridized carbons (Fsp3) is 0.538. The molecule has 0 aliphatic carbocycles. The first-order valence-corrected chi connectivity index (χ1v) is 6.78. The summed E-state index contributed by atoms with van der Waals surface area (Å²) in [7, 11) is 0. The Hall–Kier alpha value is -0.650. The van der Waals surface area contributed by atoms with Crippen LogP contribution in [-0.2, 0) is 0 Å². The van der Waals surface area contributed by atoms with Crippen LogP contribution in [0.5, 0.6) is 0 Å². The van der Waals surface area contributed by atoms with Gasteiger partial charge in [-0.15, -0.1) is 0 Å². The van der Waals surface area contributed by atoms with Crippen molar-refractivity contribution in [2.24, 2.45) is 0 Å². The topological polar surface area (TPSA) is 32.3 Å². The second-order valence-corrected chi connectivity index (χ2v) is 4.49. The summed E-state index contributed by atoms with van der Waals surface area (Å²) in [6, 6.07) is 8.82. The molecule has 2 nitrogen and oxygen atoms in total. The molecule has 0 spiro atoms. The zero-order valence-corrected chi connectivity index (χ0v) is 11.6. The van der Waals surface area contributed by atoms with Crippen LogP contribution in [0, 0.1) is 6.92 Å². The van der Waals surface area contributed by atoms with Gasteiger partial charge in [0.1, 0.15) is 0 Å². The molecule has 1 aromatic rings. The highest BCUT2D eigenvalue weighted by Gasteiger charge is 2.05. The van der Waals surface area contributed by atoms with Crippen LogP contribution in [0.3, 0.4) is 0 Å². The summed E-state index contributed by atoms with van der Waals surface area (Å²) < 4.78 is 27.8. The third-order valence-electron chi connectivity index (χ3n) is 2.52. The molecule has 1 rings (SSSR count). The van der Waals surface area contributed by atoms with Gasteiger partial charge in [0.25, 0.3) is 0 Å². The third kappa shape index (κ3) is 7.63. The molecule has 0 aromatic heterocycles. The highest BCUT2D eigenvalue weighted by molar-refractivity contribution is 7.93. The second kappa shape index (κ2) is 11.4. The van der Waals surface area contributed by atoms with Gasteiger partial charge in [-0.1, -0.05) is 24.3 Å². The van der Waals surface area contributed by atoms with Crippen LogP contribution >= 0.6 is 12.0 Å². The minimum absolute atomic E-state index is 0.384. The largest absolute Gasteiger partial charge is 0.330 e. The quantitative estimate of drug-likeness (QED) is 0.606. The zero-order valence-electron chi connectivity index (χ0n) is 10.8. The molecule has 5 heteroatoms. The fourth-order valence-corrected chi connectivity index (χ4v) is 1.91. The summed E-state index contributed by atoms with van der Waals surface area (Å²) in [4.78, 5) is 0. The van der Waals surface area contributed by atoms with E-state index in [9.17, 15) is 8.78 Å². The molecule has 0 amide bonds. The van der Waals surface area contributed by atoms with Gasteiger partial charge in [0.05, 0.1) is 0 Å². The first kappa shape index (κ1) is 17.4. The van der Waals surface area contributed by atoms with E-state index in [-0.39, 0.29) is 0 Å². The van der Waals surface area contributed by atoms with Gasteiger partial charge in [0, 0.05) is 11.8 Å². The molecule has 1 unspecified atom stereocenters. The Bertz CT molecular complexity index is 313. The minimum Gasteiger partial charge on any atom is -0.330 e. The summed E-state index contributed by atoms with van der Waals surface area (Å²) in [6.07, 6.45) is 0.997. The predicted molar refractivity (Wildman–Crippen MR) is 74.4 cm³/mol. The lowest BCUT2D eigenvalue weighted by Gasteiger charge is -2.16. The molecule has 18 heavy (non-hydrogen) atoms. The molecule has 0 saturated carbocycles. The van der Waals surface area contributed by atoms with Crippen LogP contribution in [0.15, 0.2) is 24.3 Å². The molecule has 104 valence electrons. The number of rotatable bonds is 6. The van der Waals surface area contributed by atoms with E-state index in [4.69, 9.17) is 4.55 Å². The molecule has 1 aromatic carbocycles. The molecule has 0 fully saturated rings. The molecule has 0 heterocycles.